The van der Waals surface area contributed by atoms with Crippen molar-refractivity contribution in [3.8, 4) is 0 Å². The summed E-state index contributed by atoms with van der Waals surface area (Å²) in [6.07, 6.45) is 4.34. The van der Waals surface area contributed by atoms with Gasteiger partial charge in [-0.3, -0.25) is 14.4 Å². The van der Waals surface area contributed by atoms with Crippen LogP contribution in [0.3, 0.4) is 0 Å². The Bertz CT molecular complexity index is 1010. The molecule has 2 aliphatic rings. The lowest BCUT2D eigenvalue weighted by atomic mass is 9.97. The predicted molar refractivity (Wildman–Crippen MR) is 121 cm³/mol. The Kier molecular flexibility index (Phi) is 6.48. The van der Waals surface area contributed by atoms with Crippen molar-refractivity contribution in [2.24, 2.45) is 5.92 Å². The molecule has 2 aromatic rings. The van der Waals surface area contributed by atoms with Gasteiger partial charge in [0.15, 0.2) is 0 Å². The number of thioether (sulfide) groups is 1. The summed E-state index contributed by atoms with van der Waals surface area (Å²) in [7, 11) is 0. The third kappa shape index (κ3) is 4.42. The van der Waals surface area contributed by atoms with Crippen molar-refractivity contribution in [3.05, 3.63) is 26.6 Å². The van der Waals surface area contributed by atoms with Crippen LogP contribution >= 0.6 is 23.1 Å². The van der Waals surface area contributed by atoms with Crippen molar-refractivity contribution >= 4 is 45.1 Å². The minimum Gasteiger partial charge on any atom is -0.339 e. The second-order valence-corrected chi connectivity index (χ2v) is 10.3. The van der Waals surface area contributed by atoms with Gasteiger partial charge in [0.2, 0.25) is 11.8 Å². The second-order valence-electron chi connectivity index (χ2n) is 8.26. The number of nitrogens with zero attached hydrogens (tertiary/aromatic N) is 3. The minimum atomic E-state index is -0.0488. The van der Waals surface area contributed by atoms with E-state index >= 15 is 0 Å². The van der Waals surface area contributed by atoms with Crippen LogP contribution in [0.15, 0.2) is 4.79 Å². The van der Waals surface area contributed by atoms with Gasteiger partial charge in [0, 0.05) is 37.0 Å². The molecule has 30 heavy (non-hydrogen) atoms. The molecule has 0 radical (unpaired) electrons. The van der Waals surface area contributed by atoms with Crippen molar-refractivity contribution in [1.29, 1.82) is 0 Å². The summed E-state index contributed by atoms with van der Waals surface area (Å²) >= 11 is 3.12. The molecule has 4 rings (SSSR count). The Hall–Kier alpha value is -1.87. The number of aryl methyl sites for hydroxylation is 2. The number of carbonyl (C=O) groups is 2. The minimum absolute atomic E-state index is 0.0105. The van der Waals surface area contributed by atoms with Crippen molar-refractivity contribution in [3.63, 3.8) is 0 Å². The maximum atomic E-state index is 12.6. The number of fused-ring (bicyclic) bond motifs is 3. The number of rotatable bonds is 5. The molecule has 1 saturated heterocycles. The zero-order chi connectivity index (χ0) is 21.3. The molecule has 2 amide bonds. The largest absolute Gasteiger partial charge is 0.339 e. The van der Waals surface area contributed by atoms with Crippen molar-refractivity contribution in [1.82, 2.24) is 19.8 Å². The number of thiophene rings is 1. The number of aromatic amines is 1. The summed E-state index contributed by atoms with van der Waals surface area (Å²) in [5, 5.41) is 0.772. The fourth-order valence-electron chi connectivity index (χ4n) is 4.14. The quantitative estimate of drug-likeness (QED) is 0.759. The molecule has 0 aromatic carbocycles. The number of hydrogen-bond acceptors (Lipinski definition) is 6. The number of H-pyrrole nitrogens is 1. The maximum absolute atomic E-state index is 12.6. The predicted octanol–water partition coefficient (Wildman–Crippen LogP) is 2.42. The summed E-state index contributed by atoms with van der Waals surface area (Å²) in [5.41, 5.74) is 1.15. The molecule has 2 aromatic heterocycles. The van der Waals surface area contributed by atoms with E-state index in [2.05, 4.69) is 9.97 Å². The van der Waals surface area contributed by atoms with Crippen molar-refractivity contribution < 1.29 is 9.59 Å². The molecule has 0 atom stereocenters. The van der Waals surface area contributed by atoms with Gasteiger partial charge < -0.3 is 14.8 Å². The Labute approximate surface area is 184 Å². The van der Waals surface area contributed by atoms with Gasteiger partial charge in [-0.05, 0) is 31.2 Å². The highest BCUT2D eigenvalue weighted by atomic mass is 32.2. The number of nitrogens with one attached hydrogen (secondary N) is 1. The summed E-state index contributed by atoms with van der Waals surface area (Å²) < 4.78 is 0. The molecule has 0 bridgehead atoms. The van der Waals surface area contributed by atoms with Crippen LogP contribution in [0.5, 0.6) is 0 Å². The van der Waals surface area contributed by atoms with E-state index in [1.54, 1.807) is 11.3 Å². The summed E-state index contributed by atoms with van der Waals surface area (Å²) in [4.78, 5) is 50.6. The van der Waals surface area contributed by atoms with Crippen LogP contribution in [-0.4, -0.2) is 63.5 Å². The molecule has 3 heterocycles. The first-order valence-corrected chi connectivity index (χ1v) is 12.6. The highest BCUT2D eigenvalue weighted by Gasteiger charge is 2.25. The number of aromatic nitrogens is 2. The molecule has 1 fully saturated rings. The van der Waals surface area contributed by atoms with E-state index in [9.17, 15) is 14.4 Å². The molecule has 0 unspecified atom stereocenters. The van der Waals surface area contributed by atoms with E-state index in [0.717, 1.165) is 29.5 Å². The number of hydrogen-bond donors (Lipinski definition) is 1. The van der Waals surface area contributed by atoms with Crippen molar-refractivity contribution in [2.45, 2.75) is 45.3 Å². The van der Waals surface area contributed by atoms with Crippen LogP contribution in [0.1, 0.15) is 43.0 Å². The van der Waals surface area contributed by atoms with E-state index in [1.165, 1.54) is 28.6 Å². The third-order valence-corrected chi connectivity index (χ3v) is 7.89. The van der Waals surface area contributed by atoms with Crippen LogP contribution in [0.25, 0.3) is 10.2 Å². The summed E-state index contributed by atoms with van der Waals surface area (Å²) in [5.74, 6) is 1.70. The van der Waals surface area contributed by atoms with Crippen LogP contribution in [0, 0.1) is 5.92 Å². The van der Waals surface area contributed by atoms with Gasteiger partial charge in [-0.25, -0.2) is 4.98 Å². The topological polar surface area (TPSA) is 86.4 Å². The van der Waals surface area contributed by atoms with Gasteiger partial charge >= 0.3 is 0 Å². The standard InChI is InChI=1S/C21H28N4O3S2/c1-13(2)21(28)25-9-7-24(8-10-25)17(26)12-29-11-16-22-19(27)18-14-5-3-4-6-15(14)30-20(18)23-16/h13H,3-12H2,1-2H3,(H,22,23,27). The number of amides is 2. The van der Waals surface area contributed by atoms with Crippen LogP contribution < -0.4 is 5.56 Å². The zero-order valence-corrected chi connectivity index (χ0v) is 19.2. The Morgan fingerprint density at radius 3 is 2.57 bits per heavy atom. The second kappa shape index (κ2) is 9.09. The lowest BCUT2D eigenvalue weighted by molar-refractivity contribution is -0.140. The monoisotopic (exact) mass is 448 g/mol. The van der Waals surface area contributed by atoms with Gasteiger partial charge in [0.25, 0.3) is 5.56 Å². The average molecular weight is 449 g/mol. The Morgan fingerprint density at radius 1 is 1.13 bits per heavy atom. The number of piperazine rings is 1. The molecule has 0 saturated carbocycles. The van der Waals surface area contributed by atoms with E-state index in [1.807, 2.05) is 23.6 Å². The highest BCUT2D eigenvalue weighted by Crippen LogP contribution is 2.33. The van der Waals surface area contributed by atoms with Gasteiger partial charge in [-0.15, -0.1) is 23.1 Å². The average Bonchev–Trinajstić information content (AvgIpc) is 3.12. The first-order chi connectivity index (χ1) is 14.4. The first-order valence-electron chi connectivity index (χ1n) is 10.6. The molecule has 162 valence electrons. The van der Waals surface area contributed by atoms with E-state index in [4.69, 9.17) is 0 Å². The van der Waals surface area contributed by atoms with E-state index < -0.39 is 0 Å². The lowest BCUT2D eigenvalue weighted by Crippen LogP contribution is -2.51. The number of carbonyl (C=O) groups excluding carboxylic acids is 2. The maximum Gasteiger partial charge on any atom is 0.259 e. The zero-order valence-electron chi connectivity index (χ0n) is 17.5. The highest BCUT2D eigenvalue weighted by molar-refractivity contribution is 7.99. The molecule has 1 N–H and O–H groups in total. The fourth-order valence-corrected chi connectivity index (χ4v) is 6.21. The van der Waals surface area contributed by atoms with E-state index in [-0.39, 0.29) is 23.3 Å². The molecule has 9 heteroatoms. The van der Waals surface area contributed by atoms with Gasteiger partial charge in [-0.1, -0.05) is 13.8 Å². The molecule has 1 aliphatic heterocycles. The van der Waals surface area contributed by atoms with Crippen molar-refractivity contribution in [2.75, 3.05) is 31.9 Å². The third-order valence-electron chi connectivity index (χ3n) is 5.78. The summed E-state index contributed by atoms with van der Waals surface area (Å²) in [6.45, 7) is 6.17. The molecular weight excluding hydrogens is 420 g/mol. The SMILES string of the molecule is CC(C)C(=O)N1CCN(C(=O)CSCc2nc3sc4c(c3c(=O)[nH]2)CCCC4)CC1. The van der Waals surface area contributed by atoms with Gasteiger partial charge in [0.05, 0.1) is 16.9 Å². The van der Waals surface area contributed by atoms with Crippen LogP contribution in [-0.2, 0) is 28.2 Å². The van der Waals surface area contributed by atoms with Crippen LogP contribution in [0.4, 0.5) is 0 Å². The van der Waals surface area contributed by atoms with Gasteiger partial charge in [-0.2, -0.15) is 0 Å². The smallest absolute Gasteiger partial charge is 0.259 e. The molecule has 0 spiro atoms. The summed E-state index contributed by atoms with van der Waals surface area (Å²) in [6, 6.07) is 0. The molecule has 1 aliphatic carbocycles. The van der Waals surface area contributed by atoms with E-state index in [0.29, 0.717) is 43.5 Å². The molecule has 7 nitrogen and oxygen atoms in total. The lowest BCUT2D eigenvalue weighted by Gasteiger charge is -2.35. The Balaban J connectivity index is 1.31. The van der Waals surface area contributed by atoms with Gasteiger partial charge in [0.1, 0.15) is 10.7 Å². The molecular formula is C21H28N4O3S2. The first kappa shape index (κ1) is 21.4. The normalized spacial score (nSPS) is 16.9. The van der Waals surface area contributed by atoms with Crippen LogP contribution in [0.2, 0.25) is 0 Å². The fraction of sp³-hybridized carbons (Fsp3) is 0.619. The Morgan fingerprint density at radius 2 is 1.83 bits per heavy atom.